The Balaban J connectivity index is 1.94. The molecule has 2 aliphatic rings. The summed E-state index contributed by atoms with van der Waals surface area (Å²) < 4.78 is 6.18. The van der Waals surface area contributed by atoms with Gasteiger partial charge in [0.2, 0.25) is 0 Å². The molecule has 3 N–H and O–H groups in total. The van der Waals surface area contributed by atoms with E-state index in [2.05, 4.69) is 31.0 Å². The van der Waals surface area contributed by atoms with Crippen LogP contribution in [-0.4, -0.2) is 29.8 Å². The first kappa shape index (κ1) is 15.6. The van der Waals surface area contributed by atoms with Crippen molar-refractivity contribution in [3.05, 3.63) is 0 Å². The Bertz CT molecular complexity index is 263. The molecule has 3 atom stereocenters. The van der Waals surface area contributed by atoms with Crippen LogP contribution in [0.1, 0.15) is 52.4 Å². The maximum atomic E-state index is 6.18. The van der Waals surface area contributed by atoms with Gasteiger partial charge in [0.05, 0.1) is 5.60 Å². The van der Waals surface area contributed by atoms with Crippen LogP contribution in [0.15, 0.2) is 0 Å². The third kappa shape index (κ3) is 4.10. The fourth-order valence-corrected chi connectivity index (χ4v) is 4.73. The lowest BCUT2D eigenvalue weighted by molar-refractivity contribution is -0.108. The van der Waals surface area contributed by atoms with Gasteiger partial charge >= 0.3 is 0 Å². The molecule has 0 aromatic carbocycles. The molecule has 112 valence electrons. The van der Waals surface area contributed by atoms with E-state index in [-0.39, 0.29) is 5.60 Å². The molecule has 0 bridgehead atoms. The highest BCUT2D eigenvalue weighted by atomic mass is 32.2. The molecular weight excluding hydrogens is 256 g/mol. The molecular formula is C15H30N2OS. The molecule has 4 heteroatoms. The van der Waals surface area contributed by atoms with Crippen LogP contribution in [-0.2, 0) is 4.74 Å². The number of hydrazine groups is 1. The molecule has 2 fully saturated rings. The van der Waals surface area contributed by atoms with Crippen molar-refractivity contribution in [2.75, 3.05) is 18.1 Å². The standard InChI is InChI=1S/C15H30N2OS/c1-3-12(2)10-14(17-16)13-4-7-18-15(11-13)5-8-19-9-6-15/h12-14,17H,3-11,16H2,1-2H3. The second-order valence-corrected chi connectivity index (χ2v) is 7.64. The van der Waals surface area contributed by atoms with Crippen molar-refractivity contribution in [3.8, 4) is 0 Å². The predicted octanol–water partition coefficient (Wildman–Crippen LogP) is 2.95. The minimum Gasteiger partial charge on any atom is -0.375 e. The highest BCUT2D eigenvalue weighted by Gasteiger charge is 2.40. The average molecular weight is 286 g/mol. The van der Waals surface area contributed by atoms with Crippen molar-refractivity contribution in [3.63, 3.8) is 0 Å². The van der Waals surface area contributed by atoms with Crippen molar-refractivity contribution in [2.24, 2.45) is 17.7 Å². The summed E-state index contributed by atoms with van der Waals surface area (Å²) in [6.45, 7) is 5.52. The third-order valence-corrected chi connectivity index (χ3v) is 6.06. The molecule has 19 heavy (non-hydrogen) atoms. The van der Waals surface area contributed by atoms with E-state index in [9.17, 15) is 0 Å². The minimum absolute atomic E-state index is 0.179. The van der Waals surface area contributed by atoms with E-state index in [4.69, 9.17) is 10.6 Å². The Kier molecular flexibility index (Phi) is 6.00. The molecule has 3 nitrogen and oxygen atoms in total. The van der Waals surface area contributed by atoms with Crippen molar-refractivity contribution >= 4 is 11.8 Å². The maximum absolute atomic E-state index is 6.18. The lowest BCUT2D eigenvalue weighted by Crippen LogP contribution is -2.50. The Hall–Kier alpha value is 0.230. The third-order valence-electron chi connectivity index (χ3n) is 5.07. The summed E-state index contributed by atoms with van der Waals surface area (Å²) in [5, 5.41) is 0. The van der Waals surface area contributed by atoms with Crippen LogP contribution >= 0.6 is 11.8 Å². The molecule has 0 aromatic heterocycles. The predicted molar refractivity (Wildman–Crippen MR) is 83.1 cm³/mol. The zero-order valence-corrected chi connectivity index (χ0v) is 13.3. The van der Waals surface area contributed by atoms with Gasteiger partial charge < -0.3 is 4.74 Å². The van der Waals surface area contributed by atoms with Gasteiger partial charge in [-0.15, -0.1) is 0 Å². The second-order valence-electron chi connectivity index (χ2n) is 6.42. The Labute approximate surface area is 122 Å². The van der Waals surface area contributed by atoms with E-state index >= 15 is 0 Å². The first-order chi connectivity index (χ1) is 9.19. The van der Waals surface area contributed by atoms with Crippen LogP contribution < -0.4 is 11.3 Å². The maximum Gasteiger partial charge on any atom is 0.0701 e. The Morgan fingerprint density at radius 1 is 1.42 bits per heavy atom. The molecule has 2 rings (SSSR count). The monoisotopic (exact) mass is 286 g/mol. The summed E-state index contributed by atoms with van der Waals surface area (Å²) >= 11 is 2.07. The van der Waals surface area contributed by atoms with Crippen LogP contribution in [0.5, 0.6) is 0 Å². The van der Waals surface area contributed by atoms with E-state index < -0.39 is 0 Å². The SMILES string of the molecule is CCC(C)CC(NN)C1CCOC2(CCSCC2)C1. The second kappa shape index (κ2) is 7.30. The van der Waals surface area contributed by atoms with Gasteiger partial charge in [-0.2, -0.15) is 11.8 Å². The molecule has 0 aromatic rings. The summed E-state index contributed by atoms with van der Waals surface area (Å²) in [6, 6.07) is 0.463. The largest absolute Gasteiger partial charge is 0.375 e. The zero-order valence-electron chi connectivity index (χ0n) is 12.5. The fourth-order valence-electron chi connectivity index (χ4n) is 3.50. The van der Waals surface area contributed by atoms with Crippen molar-refractivity contribution in [2.45, 2.75) is 64.0 Å². The summed E-state index contributed by atoms with van der Waals surface area (Å²) in [5.41, 5.74) is 3.28. The highest BCUT2D eigenvalue weighted by molar-refractivity contribution is 7.99. The number of hydrogen-bond donors (Lipinski definition) is 2. The number of nitrogens with one attached hydrogen (secondary N) is 1. The van der Waals surface area contributed by atoms with Gasteiger partial charge in [0.15, 0.2) is 0 Å². The molecule has 0 amide bonds. The molecule has 1 spiro atoms. The lowest BCUT2D eigenvalue weighted by Gasteiger charge is -2.45. The van der Waals surface area contributed by atoms with E-state index in [1.54, 1.807) is 0 Å². The molecule has 0 radical (unpaired) electrons. The molecule has 3 unspecified atom stereocenters. The topological polar surface area (TPSA) is 47.3 Å². The summed E-state index contributed by atoms with van der Waals surface area (Å²) in [6.07, 6.45) is 7.27. The lowest BCUT2D eigenvalue weighted by atomic mass is 9.76. The van der Waals surface area contributed by atoms with Gasteiger partial charge in [-0.3, -0.25) is 11.3 Å². The van der Waals surface area contributed by atoms with E-state index in [1.165, 1.54) is 50.0 Å². The van der Waals surface area contributed by atoms with E-state index in [0.29, 0.717) is 12.0 Å². The van der Waals surface area contributed by atoms with Crippen molar-refractivity contribution in [1.82, 2.24) is 5.43 Å². The van der Waals surface area contributed by atoms with Crippen molar-refractivity contribution in [1.29, 1.82) is 0 Å². The number of rotatable bonds is 5. The fraction of sp³-hybridized carbons (Fsp3) is 1.00. The molecule has 2 heterocycles. The first-order valence-electron chi connectivity index (χ1n) is 7.87. The van der Waals surface area contributed by atoms with Crippen LogP contribution in [0.2, 0.25) is 0 Å². The first-order valence-corrected chi connectivity index (χ1v) is 9.02. The van der Waals surface area contributed by atoms with Gasteiger partial charge in [-0.05, 0) is 55.4 Å². The normalized spacial score (nSPS) is 30.2. The number of thioether (sulfide) groups is 1. The van der Waals surface area contributed by atoms with E-state index in [1.807, 2.05) is 0 Å². The van der Waals surface area contributed by atoms with Gasteiger partial charge in [0.1, 0.15) is 0 Å². The van der Waals surface area contributed by atoms with Gasteiger partial charge in [-0.1, -0.05) is 20.3 Å². The van der Waals surface area contributed by atoms with Crippen LogP contribution in [0.3, 0.4) is 0 Å². The smallest absolute Gasteiger partial charge is 0.0701 e. The van der Waals surface area contributed by atoms with Gasteiger partial charge in [0.25, 0.3) is 0 Å². The summed E-state index contributed by atoms with van der Waals surface area (Å²) in [5.74, 6) is 9.80. The number of hydrogen-bond acceptors (Lipinski definition) is 4. The summed E-state index contributed by atoms with van der Waals surface area (Å²) in [4.78, 5) is 0. The summed E-state index contributed by atoms with van der Waals surface area (Å²) in [7, 11) is 0. The molecule has 0 aliphatic carbocycles. The number of nitrogens with two attached hydrogens (primary N) is 1. The van der Waals surface area contributed by atoms with E-state index in [0.717, 1.165) is 12.5 Å². The van der Waals surface area contributed by atoms with Gasteiger partial charge in [0, 0.05) is 12.6 Å². The van der Waals surface area contributed by atoms with Crippen LogP contribution in [0.4, 0.5) is 0 Å². The number of ether oxygens (including phenoxy) is 1. The average Bonchev–Trinajstić information content (AvgIpc) is 2.45. The molecule has 2 saturated heterocycles. The molecule has 2 aliphatic heterocycles. The molecule has 0 saturated carbocycles. The minimum atomic E-state index is 0.179. The Morgan fingerprint density at radius 3 is 2.79 bits per heavy atom. The zero-order chi connectivity index (χ0) is 13.7. The Morgan fingerprint density at radius 2 is 2.16 bits per heavy atom. The van der Waals surface area contributed by atoms with Crippen LogP contribution in [0, 0.1) is 11.8 Å². The quantitative estimate of drug-likeness (QED) is 0.602. The highest BCUT2D eigenvalue weighted by Crippen LogP contribution is 2.41. The van der Waals surface area contributed by atoms with Gasteiger partial charge in [-0.25, -0.2) is 0 Å². The van der Waals surface area contributed by atoms with Crippen molar-refractivity contribution < 1.29 is 4.74 Å². The van der Waals surface area contributed by atoms with Crippen LogP contribution in [0.25, 0.3) is 0 Å².